The minimum atomic E-state index is -3.31. The summed E-state index contributed by atoms with van der Waals surface area (Å²) in [6.07, 6.45) is 0.561. The topological polar surface area (TPSA) is 92.8 Å². The number of hydrogen-bond acceptors (Lipinski definition) is 6. The van der Waals surface area contributed by atoms with Gasteiger partial charge in [0.1, 0.15) is 5.82 Å². The summed E-state index contributed by atoms with van der Waals surface area (Å²) in [5.74, 6) is -1.48. The van der Waals surface area contributed by atoms with Crippen LogP contribution in [0.2, 0.25) is 0 Å². The molecule has 33 heavy (non-hydrogen) atoms. The standard InChI is InChI=1S/C23H21FN2O5S2/c24-18-8-4-16(5-9-18)22(20-3-1-13-32-20)25-21(27)15-31-23(28)17-6-10-19(11-7-17)26-12-2-14-33(26,29)30/h1,3-11,13,22H,2,12,14-15H2,(H,25,27). The molecule has 1 unspecified atom stereocenters. The summed E-state index contributed by atoms with van der Waals surface area (Å²) in [5.41, 5.74) is 1.39. The summed E-state index contributed by atoms with van der Waals surface area (Å²) in [5, 5.41) is 4.69. The normalized spacial score (nSPS) is 15.7. The second kappa shape index (κ2) is 9.72. The molecule has 0 saturated carbocycles. The van der Waals surface area contributed by atoms with Crippen molar-refractivity contribution < 1.29 is 27.1 Å². The minimum Gasteiger partial charge on any atom is -0.452 e. The van der Waals surface area contributed by atoms with E-state index in [-0.39, 0.29) is 17.1 Å². The molecule has 1 atom stereocenters. The van der Waals surface area contributed by atoms with Crippen LogP contribution < -0.4 is 9.62 Å². The van der Waals surface area contributed by atoms with Crippen molar-refractivity contribution >= 4 is 38.9 Å². The number of sulfonamides is 1. The van der Waals surface area contributed by atoms with Gasteiger partial charge in [0.05, 0.1) is 23.0 Å². The first-order chi connectivity index (χ1) is 15.8. The molecule has 1 aliphatic rings. The van der Waals surface area contributed by atoms with Crippen LogP contribution in [0.5, 0.6) is 0 Å². The van der Waals surface area contributed by atoms with E-state index in [0.29, 0.717) is 24.2 Å². The molecule has 1 saturated heterocycles. The zero-order chi connectivity index (χ0) is 23.4. The molecule has 3 aromatic rings. The Labute approximate surface area is 194 Å². The predicted molar refractivity (Wildman–Crippen MR) is 123 cm³/mol. The van der Waals surface area contributed by atoms with Crippen LogP contribution in [0.15, 0.2) is 66.0 Å². The van der Waals surface area contributed by atoms with Gasteiger partial charge in [-0.15, -0.1) is 11.3 Å². The summed E-state index contributed by atoms with van der Waals surface area (Å²) in [6, 6.07) is 15.0. The molecule has 2 heterocycles. The van der Waals surface area contributed by atoms with Crippen LogP contribution in [-0.4, -0.2) is 39.2 Å². The second-order valence-corrected chi connectivity index (χ2v) is 10.4. The largest absolute Gasteiger partial charge is 0.452 e. The van der Waals surface area contributed by atoms with Gasteiger partial charge in [0.2, 0.25) is 10.0 Å². The lowest BCUT2D eigenvalue weighted by atomic mass is 10.1. The van der Waals surface area contributed by atoms with Crippen molar-refractivity contribution in [3.05, 3.63) is 87.9 Å². The molecule has 1 aromatic heterocycles. The number of anilines is 1. The van der Waals surface area contributed by atoms with Gasteiger partial charge in [-0.3, -0.25) is 9.10 Å². The van der Waals surface area contributed by atoms with E-state index < -0.39 is 34.5 Å². The molecule has 10 heteroatoms. The second-order valence-electron chi connectivity index (χ2n) is 7.43. The van der Waals surface area contributed by atoms with Gasteiger partial charge in [0.15, 0.2) is 6.61 Å². The highest BCUT2D eigenvalue weighted by molar-refractivity contribution is 7.93. The van der Waals surface area contributed by atoms with E-state index in [0.717, 1.165) is 4.88 Å². The van der Waals surface area contributed by atoms with Gasteiger partial charge in [-0.05, 0) is 59.8 Å². The zero-order valence-electron chi connectivity index (χ0n) is 17.4. The van der Waals surface area contributed by atoms with E-state index in [1.54, 1.807) is 24.3 Å². The monoisotopic (exact) mass is 488 g/mol. The number of carbonyl (C=O) groups excluding carboxylic acids is 2. The third kappa shape index (κ3) is 5.40. The first-order valence-electron chi connectivity index (χ1n) is 10.2. The maximum absolute atomic E-state index is 13.3. The molecule has 4 rings (SSSR count). The molecular formula is C23H21FN2O5S2. The van der Waals surface area contributed by atoms with Crippen molar-refractivity contribution in [2.75, 3.05) is 23.2 Å². The molecule has 0 aliphatic carbocycles. The van der Waals surface area contributed by atoms with Gasteiger partial charge in [0, 0.05) is 11.4 Å². The first-order valence-corrected chi connectivity index (χ1v) is 12.7. The smallest absolute Gasteiger partial charge is 0.338 e. The lowest BCUT2D eigenvalue weighted by Crippen LogP contribution is -2.32. The highest BCUT2D eigenvalue weighted by Crippen LogP contribution is 2.27. The molecule has 0 radical (unpaired) electrons. The Morgan fingerprint density at radius 2 is 1.82 bits per heavy atom. The molecule has 2 aromatic carbocycles. The fourth-order valence-electron chi connectivity index (χ4n) is 3.54. The van der Waals surface area contributed by atoms with Crippen molar-refractivity contribution in [2.45, 2.75) is 12.5 Å². The Hall–Kier alpha value is -3.24. The fourth-order valence-corrected chi connectivity index (χ4v) is 5.91. The molecule has 1 N–H and O–H groups in total. The molecule has 1 fully saturated rings. The molecule has 0 spiro atoms. The third-order valence-corrected chi connectivity index (χ3v) is 7.97. The summed E-state index contributed by atoms with van der Waals surface area (Å²) >= 11 is 1.44. The van der Waals surface area contributed by atoms with E-state index in [9.17, 15) is 22.4 Å². The van der Waals surface area contributed by atoms with Crippen molar-refractivity contribution in [1.82, 2.24) is 5.32 Å². The zero-order valence-corrected chi connectivity index (χ0v) is 19.1. The average molecular weight is 489 g/mol. The number of ether oxygens (including phenoxy) is 1. The molecule has 0 bridgehead atoms. The Morgan fingerprint density at radius 1 is 1.09 bits per heavy atom. The van der Waals surface area contributed by atoms with Gasteiger partial charge in [0.25, 0.3) is 5.91 Å². The van der Waals surface area contributed by atoms with Gasteiger partial charge in [-0.25, -0.2) is 17.6 Å². The Bertz CT molecular complexity index is 1230. The summed E-state index contributed by atoms with van der Waals surface area (Å²) < 4.78 is 43.8. The highest BCUT2D eigenvalue weighted by atomic mass is 32.2. The average Bonchev–Trinajstić information content (AvgIpc) is 3.46. The van der Waals surface area contributed by atoms with Gasteiger partial charge in [-0.2, -0.15) is 0 Å². The number of benzene rings is 2. The SMILES string of the molecule is O=C(COC(=O)c1ccc(N2CCCS2(=O)=O)cc1)NC(c1ccc(F)cc1)c1cccs1. The fraction of sp³-hybridized carbons (Fsp3) is 0.217. The van der Waals surface area contributed by atoms with Crippen LogP contribution in [-0.2, 0) is 19.6 Å². The third-order valence-electron chi connectivity index (χ3n) is 5.16. The van der Waals surface area contributed by atoms with Crippen molar-refractivity contribution in [1.29, 1.82) is 0 Å². The molecular weight excluding hydrogens is 467 g/mol. The molecule has 172 valence electrons. The number of nitrogens with zero attached hydrogens (tertiary/aromatic N) is 1. The Kier molecular flexibility index (Phi) is 6.75. The van der Waals surface area contributed by atoms with Gasteiger partial charge in [-0.1, -0.05) is 18.2 Å². The number of carbonyl (C=O) groups is 2. The highest BCUT2D eigenvalue weighted by Gasteiger charge is 2.28. The molecule has 1 amide bonds. The van der Waals surface area contributed by atoms with Crippen LogP contribution in [0.3, 0.4) is 0 Å². The number of rotatable bonds is 7. The van der Waals surface area contributed by atoms with E-state index >= 15 is 0 Å². The summed E-state index contributed by atoms with van der Waals surface area (Å²) in [6.45, 7) is -0.0874. The van der Waals surface area contributed by atoms with Crippen LogP contribution in [0.1, 0.15) is 33.3 Å². The lowest BCUT2D eigenvalue weighted by molar-refractivity contribution is -0.124. The maximum atomic E-state index is 13.3. The van der Waals surface area contributed by atoms with Crippen LogP contribution in [0.4, 0.5) is 10.1 Å². The Balaban J connectivity index is 1.37. The number of hydrogen-bond donors (Lipinski definition) is 1. The number of nitrogens with one attached hydrogen (secondary N) is 1. The number of halogens is 1. The van der Waals surface area contributed by atoms with Crippen LogP contribution in [0, 0.1) is 5.82 Å². The minimum absolute atomic E-state index is 0.107. The van der Waals surface area contributed by atoms with E-state index in [1.165, 1.54) is 39.9 Å². The lowest BCUT2D eigenvalue weighted by Gasteiger charge is -2.18. The van der Waals surface area contributed by atoms with Crippen molar-refractivity contribution in [2.24, 2.45) is 0 Å². The number of amides is 1. The van der Waals surface area contributed by atoms with Gasteiger partial charge < -0.3 is 10.1 Å². The number of thiophene rings is 1. The molecule has 7 nitrogen and oxygen atoms in total. The Morgan fingerprint density at radius 3 is 2.42 bits per heavy atom. The first kappa shape index (κ1) is 22.9. The van der Waals surface area contributed by atoms with E-state index in [1.807, 2.05) is 17.5 Å². The van der Waals surface area contributed by atoms with Crippen LogP contribution >= 0.6 is 11.3 Å². The van der Waals surface area contributed by atoms with Crippen molar-refractivity contribution in [3.8, 4) is 0 Å². The quantitative estimate of drug-likeness (QED) is 0.514. The van der Waals surface area contributed by atoms with E-state index in [2.05, 4.69) is 5.32 Å². The predicted octanol–water partition coefficient (Wildman–Crippen LogP) is 3.49. The number of esters is 1. The summed E-state index contributed by atoms with van der Waals surface area (Å²) in [7, 11) is -3.31. The van der Waals surface area contributed by atoms with Gasteiger partial charge >= 0.3 is 5.97 Å². The van der Waals surface area contributed by atoms with Crippen molar-refractivity contribution in [3.63, 3.8) is 0 Å². The van der Waals surface area contributed by atoms with E-state index in [4.69, 9.17) is 4.74 Å². The van der Waals surface area contributed by atoms with Crippen LogP contribution in [0.25, 0.3) is 0 Å². The maximum Gasteiger partial charge on any atom is 0.338 e. The molecule has 1 aliphatic heterocycles. The summed E-state index contributed by atoms with van der Waals surface area (Å²) in [4.78, 5) is 25.7.